The van der Waals surface area contributed by atoms with Gasteiger partial charge in [0.15, 0.2) is 12.1 Å². The third-order valence-corrected chi connectivity index (χ3v) is 5.76. The number of rotatable bonds is 5. The zero-order valence-electron chi connectivity index (χ0n) is 17.5. The smallest absolute Gasteiger partial charge is 0.328 e. The average molecular weight is 475 g/mol. The standard InChI is InChI=1S/C23H20ClFN2O6/c1-12(22(29)27-6-7-32-11-20(27)23(30)31)33-14-3-5-15-17(9-14)21(28)26-10-18(15)16-4-2-13(25)8-19(16)24/h2-5,8-10,12,20H,6-7,11H2,1H3,(H,26,28)(H,30,31)/t12-,20-/m1/s1. The number of ether oxygens (including phenoxy) is 2. The molecular formula is C23H20ClFN2O6. The lowest BCUT2D eigenvalue weighted by Gasteiger charge is -2.34. The molecule has 4 rings (SSSR count). The Kier molecular flexibility index (Phi) is 6.35. The summed E-state index contributed by atoms with van der Waals surface area (Å²) < 4.78 is 24.4. The molecule has 1 fully saturated rings. The van der Waals surface area contributed by atoms with Crippen molar-refractivity contribution in [2.24, 2.45) is 0 Å². The van der Waals surface area contributed by atoms with Gasteiger partial charge in [0.25, 0.3) is 11.5 Å². The fraction of sp³-hybridized carbons (Fsp3) is 0.261. The number of hydrogen-bond donors (Lipinski definition) is 2. The van der Waals surface area contributed by atoms with Gasteiger partial charge in [-0.15, -0.1) is 0 Å². The fourth-order valence-corrected chi connectivity index (χ4v) is 4.07. The lowest BCUT2D eigenvalue weighted by molar-refractivity contribution is -0.161. The van der Waals surface area contributed by atoms with E-state index < -0.39 is 29.8 Å². The van der Waals surface area contributed by atoms with E-state index in [1.165, 1.54) is 42.3 Å². The molecule has 1 aromatic heterocycles. The number of carboxylic acid groups (broad SMARTS) is 1. The molecule has 1 saturated heterocycles. The summed E-state index contributed by atoms with van der Waals surface area (Å²) in [4.78, 5) is 40.6. The monoisotopic (exact) mass is 474 g/mol. The third kappa shape index (κ3) is 4.55. The van der Waals surface area contributed by atoms with Gasteiger partial charge in [-0.3, -0.25) is 9.59 Å². The average Bonchev–Trinajstić information content (AvgIpc) is 2.79. The number of aromatic amines is 1. The van der Waals surface area contributed by atoms with E-state index in [1.807, 2.05) is 0 Å². The maximum atomic E-state index is 13.5. The van der Waals surface area contributed by atoms with Crippen LogP contribution in [0.5, 0.6) is 5.75 Å². The molecule has 2 N–H and O–H groups in total. The fourth-order valence-electron chi connectivity index (χ4n) is 3.80. The van der Waals surface area contributed by atoms with Gasteiger partial charge >= 0.3 is 5.97 Å². The molecule has 1 amide bonds. The molecule has 1 aliphatic rings. The predicted molar refractivity (Wildman–Crippen MR) is 119 cm³/mol. The van der Waals surface area contributed by atoms with Gasteiger partial charge in [0.1, 0.15) is 11.6 Å². The van der Waals surface area contributed by atoms with E-state index in [0.717, 1.165) is 0 Å². The Morgan fingerprint density at radius 2 is 2.03 bits per heavy atom. The lowest BCUT2D eigenvalue weighted by atomic mass is 10.0. The first-order valence-corrected chi connectivity index (χ1v) is 10.5. The number of carbonyl (C=O) groups excluding carboxylic acids is 1. The Bertz CT molecular complexity index is 1290. The molecule has 0 bridgehead atoms. The van der Waals surface area contributed by atoms with E-state index >= 15 is 0 Å². The number of aromatic nitrogens is 1. The van der Waals surface area contributed by atoms with Gasteiger partial charge < -0.3 is 24.5 Å². The number of H-pyrrole nitrogens is 1. The zero-order chi connectivity index (χ0) is 23.7. The van der Waals surface area contributed by atoms with Crippen LogP contribution >= 0.6 is 11.6 Å². The van der Waals surface area contributed by atoms with Crippen LogP contribution in [0, 0.1) is 5.82 Å². The molecular weight excluding hydrogens is 455 g/mol. The van der Waals surface area contributed by atoms with Crippen LogP contribution in [0.1, 0.15) is 6.92 Å². The number of nitrogens with zero attached hydrogens (tertiary/aromatic N) is 1. The van der Waals surface area contributed by atoms with Crippen molar-refractivity contribution >= 4 is 34.2 Å². The Hall–Kier alpha value is -3.43. The molecule has 0 unspecified atom stereocenters. The van der Waals surface area contributed by atoms with Crippen LogP contribution in [-0.2, 0) is 14.3 Å². The minimum atomic E-state index is -1.15. The second-order valence-electron chi connectivity index (χ2n) is 7.58. The highest BCUT2D eigenvalue weighted by Crippen LogP contribution is 2.33. The van der Waals surface area contributed by atoms with Gasteiger partial charge in [-0.1, -0.05) is 11.6 Å². The van der Waals surface area contributed by atoms with Crippen molar-refractivity contribution in [1.29, 1.82) is 0 Å². The van der Waals surface area contributed by atoms with Crippen LogP contribution in [-0.4, -0.2) is 58.8 Å². The quantitative estimate of drug-likeness (QED) is 0.588. The molecule has 3 aromatic rings. The minimum absolute atomic E-state index is 0.0894. The first kappa shape index (κ1) is 22.8. The number of carbonyl (C=O) groups is 2. The van der Waals surface area contributed by atoms with Gasteiger partial charge in [0.05, 0.1) is 23.6 Å². The molecule has 2 heterocycles. The normalized spacial score (nSPS) is 17.1. The molecule has 33 heavy (non-hydrogen) atoms. The number of aliphatic carboxylic acids is 1. The van der Waals surface area contributed by atoms with E-state index in [9.17, 15) is 23.9 Å². The van der Waals surface area contributed by atoms with Crippen molar-refractivity contribution in [2.45, 2.75) is 19.1 Å². The largest absolute Gasteiger partial charge is 0.481 e. The highest BCUT2D eigenvalue weighted by atomic mass is 35.5. The summed E-state index contributed by atoms with van der Waals surface area (Å²) in [5.74, 6) is -1.86. The summed E-state index contributed by atoms with van der Waals surface area (Å²) in [5, 5.41) is 10.4. The molecule has 1 aliphatic heterocycles. The number of fused-ring (bicyclic) bond motifs is 1. The number of morpholine rings is 1. The molecule has 2 aromatic carbocycles. The Morgan fingerprint density at radius 1 is 1.24 bits per heavy atom. The number of pyridine rings is 1. The number of halogens is 2. The number of nitrogens with one attached hydrogen (secondary N) is 1. The van der Waals surface area contributed by atoms with Crippen LogP contribution in [0.4, 0.5) is 4.39 Å². The molecule has 2 atom stereocenters. The van der Waals surface area contributed by atoms with Gasteiger partial charge in [0, 0.05) is 23.9 Å². The SMILES string of the molecule is C[C@@H](Oc1ccc2c(-c3ccc(F)cc3Cl)c[nH]c(=O)c2c1)C(=O)N1CCOC[C@@H]1C(=O)O. The van der Waals surface area contributed by atoms with Gasteiger partial charge in [-0.2, -0.15) is 0 Å². The molecule has 0 spiro atoms. The summed E-state index contributed by atoms with van der Waals surface area (Å²) in [6, 6.07) is 7.65. The highest BCUT2D eigenvalue weighted by Gasteiger charge is 2.35. The summed E-state index contributed by atoms with van der Waals surface area (Å²) in [7, 11) is 0. The van der Waals surface area contributed by atoms with E-state index in [4.69, 9.17) is 21.1 Å². The molecule has 10 heteroatoms. The van der Waals surface area contributed by atoms with Crippen LogP contribution in [0.3, 0.4) is 0 Å². The van der Waals surface area contributed by atoms with Crippen molar-refractivity contribution in [3.05, 3.63) is 63.8 Å². The van der Waals surface area contributed by atoms with Gasteiger partial charge in [-0.05, 0) is 48.7 Å². The molecule has 0 radical (unpaired) electrons. The number of benzene rings is 2. The van der Waals surface area contributed by atoms with E-state index in [-0.39, 0.29) is 36.1 Å². The lowest BCUT2D eigenvalue weighted by Crippen LogP contribution is -2.55. The van der Waals surface area contributed by atoms with Crippen molar-refractivity contribution < 1.29 is 28.6 Å². The Morgan fingerprint density at radius 3 is 2.76 bits per heavy atom. The third-order valence-electron chi connectivity index (χ3n) is 5.45. The van der Waals surface area contributed by atoms with E-state index in [2.05, 4.69) is 4.98 Å². The van der Waals surface area contributed by atoms with Crippen LogP contribution < -0.4 is 10.3 Å². The molecule has 0 aliphatic carbocycles. The van der Waals surface area contributed by atoms with Crippen molar-refractivity contribution in [1.82, 2.24) is 9.88 Å². The first-order valence-electron chi connectivity index (χ1n) is 10.1. The number of carboxylic acids is 1. The maximum Gasteiger partial charge on any atom is 0.328 e. The van der Waals surface area contributed by atoms with Crippen molar-refractivity contribution in [2.75, 3.05) is 19.8 Å². The minimum Gasteiger partial charge on any atom is -0.481 e. The van der Waals surface area contributed by atoms with Gasteiger partial charge in [0.2, 0.25) is 0 Å². The van der Waals surface area contributed by atoms with Crippen molar-refractivity contribution in [3.63, 3.8) is 0 Å². The second-order valence-corrected chi connectivity index (χ2v) is 7.99. The number of amides is 1. The van der Waals surface area contributed by atoms with E-state index in [1.54, 1.807) is 12.1 Å². The Balaban J connectivity index is 1.63. The van der Waals surface area contributed by atoms with Crippen LogP contribution in [0.15, 0.2) is 47.4 Å². The van der Waals surface area contributed by atoms with Crippen molar-refractivity contribution in [3.8, 4) is 16.9 Å². The van der Waals surface area contributed by atoms with Gasteiger partial charge in [-0.25, -0.2) is 9.18 Å². The Labute approximate surface area is 192 Å². The summed E-state index contributed by atoms with van der Waals surface area (Å²) in [6.45, 7) is 1.80. The predicted octanol–water partition coefficient (Wildman–Crippen LogP) is 3.07. The summed E-state index contributed by atoms with van der Waals surface area (Å²) >= 11 is 6.20. The first-order chi connectivity index (χ1) is 15.8. The zero-order valence-corrected chi connectivity index (χ0v) is 18.3. The molecule has 8 nitrogen and oxygen atoms in total. The van der Waals surface area contributed by atoms with Crippen LogP contribution in [0.2, 0.25) is 5.02 Å². The van der Waals surface area contributed by atoms with E-state index in [0.29, 0.717) is 21.9 Å². The summed E-state index contributed by atoms with van der Waals surface area (Å²) in [6.07, 6.45) is 0.511. The molecule has 0 saturated carbocycles. The van der Waals surface area contributed by atoms with Crippen LogP contribution in [0.25, 0.3) is 21.9 Å². The molecule has 172 valence electrons. The second kappa shape index (κ2) is 9.21. The summed E-state index contributed by atoms with van der Waals surface area (Å²) in [5.41, 5.74) is 0.766. The number of hydrogen-bond acceptors (Lipinski definition) is 5. The maximum absolute atomic E-state index is 13.5. The topological polar surface area (TPSA) is 109 Å². The highest BCUT2D eigenvalue weighted by molar-refractivity contribution is 6.33.